The third kappa shape index (κ3) is 5.83. The first-order valence-corrected chi connectivity index (χ1v) is 11.3. The Morgan fingerprint density at radius 2 is 1.83 bits per heavy atom. The average Bonchev–Trinajstić information content (AvgIpc) is 2.85. The summed E-state index contributed by atoms with van der Waals surface area (Å²) in [7, 11) is 2.80. The summed E-state index contributed by atoms with van der Waals surface area (Å²) in [4.78, 5) is 26.4. The van der Waals surface area contributed by atoms with E-state index < -0.39 is 30.5 Å². The Balaban J connectivity index is 1.99. The van der Waals surface area contributed by atoms with Crippen LogP contribution in [0, 0.1) is 11.3 Å². The molecule has 0 saturated carbocycles. The van der Waals surface area contributed by atoms with Crippen LogP contribution in [-0.4, -0.2) is 50.1 Å². The number of methoxy groups -OCH3 is 1. The minimum absolute atomic E-state index is 0.0875. The molecule has 6 nitrogen and oxygen atoms in total. The second-order valence-electron chi connectivity index (χ2n) is 7.93. The Kier molecular flexibility index (Phi) is 8.33. The van der Waals surface area contributed by atoms with Crippen LogP contribution in [0.5, 0.6) is 5.75 Å². The Morgan fingerprint density at radius 1 is 1.14 bits per heavy atom. The van der Waals surface area contributed by atoms with Crippen molar-refractivity contribution in [3.05, 3.63) is 75.3 Å². The largest absolute Gasteiger partial charge is 0.495 e. The van der Waals surface area contributed by atoms with Crippen molar-refractivity contribution in [1.82, 2.24) is 10.2 Å². The van der Waals surface area contributed by atoms with Crippen molar-refractivity contribution in [2.24, 2.45) is 0 Å². The number of benzene rings is 3. The summed E-state index contributed by atoms with van der Waals surface area (Å²) in [5.41, 5.74) is 0.766. The first-order valence-electron chi connectivity index (χ1n) is 10.5. The minimum Gasteiger partial charge on any atom is -0.495 e. The zero-order chi connectivity index (χ0) is 26.6. The van der Waals surface area contributed by atoms with Crippen molar-refractivity contribution in [3.63, 3.8) is 0 Å². The molecule has 1 N–H and O–H groups in total. The maximum Gasteiger partial charge on any atom is 0.471 e. The molecule has 0 aliphatic rings. The second-order valence-corrected chi connectivity index (χ2v) is 8.74. The molecule has 36 heavy (non-hydrogen) atoms. The molecule has 3 rings (SSSR count). The number of hydrogen-bond donors (Lipinski definition) is 1. The highest BCUT2D eigenvalue weighted by Gasteiger charge is 2.39. The van der Waals surface area contributed by atoms with Gasteiger partial charge in [0.1, 0.15) is 11.8 Å². The van der Waals surface area contributed by atoms with Crippen LogP contribution in [0.3, 0.4) is 0 Å². The Labute approximate surface area is 215 Å². The summed E-state index contributed by atoms with van der Waals surface area (Å²) in [5, 5.41) is 13.0. The van der Waals surface area contributed by atoms with E-state index in [9.17, 15) is 28.0 Å². The lowest BCUT2D eigenvalue weighted by atomic mass is 9.96. The number of nitrogens with zero attached hydrogens (tertiary/aromatic N) is 2. The van der Waals surface area contributed by atoms with Crippen molar-refractivity contribution in [2.45, 2.75) is 12.1 Å². The van der Waals surface area contributed by atoms with E-state index in [2.05, 4.69) is 0 Å². The molecule has 0 heterocycles. The lowest BCUT2D eigenvalue weighted by Gasteiger charge is -2.26. The van der Waals surface area contributed by atoms with Crippen LogP contribution in [0.15, 0.2) is 48.5 Å². The fraction of sp³-hybridized carbons (Fsp3) is 0.240. The van der Waals surface area contributed by atoms with Crippen LogP contribution < -0.4 is 10.1 Å². The highest BCUT2D eigenvalue weighted by molar-refractivity contribution is 6.42. The van der Waals surface area contributed by atoms with Crippen LogP contribution in [-0.2, 0) is 4.79 Å². The maximum atomic E-state index is 13.6. The van der Waals surface area contributed by atoms with Gasteiger partial charge in [-0.25, -0.2) is 0 Å². The zero-order valence-electron chi connectivity index (χ0n) is 19.1. The Hall–Kier alpha value is -3.48. The van der Waals surface area contributed by atoms with Crippen LogP contribution in [0.4, 0.5) is 13.2 Å². The molecule has 0 saturated heterocycles. The van der Waals surface area contributed by atoms with Crippen LogP contribution in [0.2, 0.25) is 10.0 Å². The standard InChI is InChI=1S/C25H20Cl2F3N3O3/c1-33(23(34)21-18-6-4-3-5-15(18)9-16(11-31)22(21)36-2)13-17(12-32-24(35)25(28,29)30)14-7-8-19(26)20(27)10-14/h3-10,17H,12-13H2,1-2H3,(H,32,35)/t17-/m0/s1. The minimum atomic E-state index is -5.06. The lowest BCUT2D eigenvalue weighted by Crippen LogP contribution is -2.41. The van der Waals surface area contributed by atoms with Crippen LogP contribution >= 0.6 is 23.2 Å². The van der Waals surface area contributed by atoms with Crippen molar-refractivity contribution in [2.75, 3.05) is 27.2 Å². The molecular weight excluding hydrogens is 518 g/mol. The molecule has 3 aromatic carbocycles. The summed E-state index contributed by atoms with van der Waals surface area (Å²) in [6, 6.07) is 15.1. The molecule has 0 spiro atoms. The topological polar surface area (TPSA) is 82.4 Å². The predicted molar refractivity (Wildman–Crippen MR) is 130 cm³/mol. The van der Waals surface area contributed by atoms with Crippen molar-refractivity contribution < 1.29 is 27.5 Å². The van der Waals surface area contributed by atoms with Crippen LogP contribution in [0.1, 0.15) is 27.4 Å². The summed E-state index contributed by atoms with van der Waals surface area (Å²) in [6.45, 7) is -0.521. The molecule has 2 amide bonds. The van der Waals surface area contributed by atoms with E-state index in [4.69, 9.17) is 27.9 Å². The normalized spacial score (nSPS) is 12.1. The van der Waals surface area contributed by atoms with Gasteiger partial charge in [0, 0.05) is 26.1 Å². The van der Waals surface area contributed by atoms with E-state index in [1.165, 1.54) is 31.2 Å². The molecule has 0 fully saturated rings. The summed E-state index contributed by atoms with van der Waals surface area (Å²) in [6.07, 6.45) is -5.06. The lowest BCUT2D eigenvalue weighted by molar-refractivity contribution is -0.173. The van der Waals surface area contributed by atoms with E-state index in [1.54, 1.807) is 36.4 Å². The van der Waals surface area contributed by atoms with Gasteiger partial charge in [0.2, 0.25) is 0 Å². The first-order chi connectivity index (χ1) is 17.0. The zero-order valence-corrected chi connectivity index (χ0v) is 20.6. The molecule has 0 bridgehead atoms. The van der Waals surface area contributed by atoms with Gasteiger partial charge < -0.3 is 15.0 Å². The number of amides is 2. The molecule has 0 aliphatic carbocycles. The number of halogens is 5. The predicted octanol–water partition coefficient (Wildman–Crippen LogP) is 5.56. The first kappa shape index (κ1) is 27.1. The number of fused-ring (bicyclic) bond motifs is 1. The summed E-state index contributed by atoms with van der Waals surface area (Å²) in [5.74, 6) is -3.30. The number of alkyl halides is 3. The fourth-order valence-corrected chi connectivity index (χ4v) is 4.12. The van der Waals surface area contributed by atoms with Gasteiger partial charge in [-0.15, -0.1) is 0 Å². The fourth-order valence-electron chi connectivity index (χ4n) is 3.81. The van der Waals surface area contributed by atoms with Gasteiger partial charge in [-0.05, 0) is 34.5 Å². The van der Waals surface area contributed by atoms with E-state index in [0.717, 1.165) is 0 Å². The number of carbonyl (C=O) groups is 2. The molecule has 0 radical (unpaired) electrons. The van der Waals surface area contributed by atoms with E-state index in [-0.39, 0.29) is 33.5 Å². The second kappa shape index (κ2) is 11.1. The summed E-state index contributed by atoms with van der Waals surface area (Å²) < 4.78 is 43.7. The van der Waals surface area contributed by atoms with Gasteiger partial charge in [0.05, 0.1) is 28.3 Å². The maximum absolute atomic E-state index is 13.6. The number of hydrogen-bond acceptors (Lipinski definition) is 4. The van der Waals surface area contributed by atoms with Gasteiger partial charge in [0.15, 0.2) is 0 Å². The smallest absolute Gasteiger partial charge is 0.471 e. The third-order valence-electron chi connectivity index (χ3n) is 5.56. The number of likely N-dealkylation sites (N-methyl/N-ethyl adjacent to an activating group) is 1. The van der Waals surface area contributed by atoms with Gasteiger partial charge in [-0.2, -0.15) is 18.4 Å². The number of rotatable bonds is 7. The molecular formula is C25H20Cl2F3N3O3. The van der Waals surface area contributed by atoms with Crippen molar-refractivity contribution in [3.8, 4) is 11.8 Å². The molecule has 3 aromatic rings. The highest BCUT2D eigenvalue weighted by Crippen LogP contribution is 2.34. The van der Waals surface area contributed by atoms with Crippen molar-refractivity contribution in [1.29, 1.82) is 5.26 Å². The average molecular weight is 538 g/mol. The van der Waals surface area contributed by atoms with Crippen molar-refractivity contribution >= 4 is 45.8 Å². The van der Waals surface area contributed by atoms with Gasteiger partial charge in [-0.3, -0.25) is 9.59 Å². The van der Waals surface area contributed by atoms with E-state index in [1.807, 2.05) is 11.4 Å². The monoisotopic (exact) mass is 537 g/mol. The van der Waals surface area contributed by atoms with Gasteiger partial charge in [-0.1, -0.05) is 53.5 Å². The van der Waals surface area contributed by atoms with E-state index >= 15 is 0 Å². The summed E-state index contributed by atoms with van der Waals surface area (Å²) >= 11 is 12.1. The number of nitrogens with one attached hydrogen (secondary N) is 1. The molecule has 188 valence electrons. The quantitative estimate of drug-likeness (QED) is 0.427. The molecule has 0 aliphatic heterocycles. The Bertz CT molecular complexity index is 1360. The SMILES string of the molecule is COc1c(C#N)cc2ccccc2c1C(=O)N(C)C[C@H](CNC(=O)C(F)(F)F)c1ccc(Cl)c(Cl)c1. The van der Waals surface area contributed by atoms with E-state index in [0.29, 0.717) is 16.3 Å². The number of nitriles is 1. The molecule has 1 atom stereocenters. The molecule has 11 heteroatoms. The van der Waals surface area contributed by atoms with Gasteiger partial charge >= 0.3 is 12.1 Å². The van der Waals surface area contributed by atoms with Gasteiger partial charge in [0.25, 0.3) is 5.91 Å². The number of carbonyl (C=O) groups excluding carboxylic acids is 2. The third-order valence-corrected chi connectivity index (χ3v) is 6.30. The molecule has 0 unspecified atom stereocenters. The number of ether oxygens (including phenoxy) is 1. The highest BCUT2D eigenvalue weighted by atomic mass is 35.5. The Morgan fingerprint density at radius 3 is 2.44 bits per heavy atom. The molecule has 0 aromatic heterocycles. The van der Waals surface area contributed by atoms with Crippen LogP contribution in [0.25, 0.3) is 10.8 Å².